The molecule has 1 aromatic heterocycles. The number of hydrogen-bond donors (Lipinski definition) is 0. The van der Waals surface area contributed by atoms with Crippen LogP contribution in [-0.2, 0) is 20.8 Å². The Morgan fingerprint density at radius 3 is 2.78 bits per heavy atom. The standard InChI is InChI=1S/C13H16N2O3/c1-3-8-15(18-2)13(17)11(10-16)9-12-6-4-5-7-14-12/h4-7H,3,8-9H2,1-2H3. The average molecular weight is 248 g/mol. The Bertz CT molecular complexity index is 439. The Balaban J connectivity index is 2.78. The summed E-state index contributed by atoms with van der Waals surface area (Å²) in [6.07, 6.45) is 2.52. The quantitative estimate of drug-likeness (QED) is 0.431. The zero-order chi connectivity index (χ0) is 13.4. The number of hydroxylamine groups is 2. The van der Waals surface area contributed by atoms with E-state index in [1.165, 1.54) is 7.11 Å². The van der Waals surface area contributed by atoms with Gasteiger partial charge in [-0.05, 0) is 18.6 Å². The van der Waals surface area contributed by atoms with Gasteiger partial charge in [0.25, 0.3) is 5.91 Å². The summed E-state index contributed by atoms with van der Waals surface area (Å²) in [6.45, 7) is 2.35. The van der Waals surface area contributed by atoms with Crippen molar-refractivity contribution in [2.45, 2.75) is 19.8 Å². The molecule has 1 amide bonds. The van der Waals surface area contributed by atoms with Crippen molar-refractivity contribution in [3.63, 3.8) is 0 Å². The monoisotopic (exact) mass is 248 g/mol. The van der Waals surface area contributed by atoms with Gasteiger partial charge < -0.3 is 0 Å². The summed E-state index contributed by atoms with van der Waals surface area (Å²) >= 11 is 0. The van der Waals surface area contributed by atoms with E-state index in [1.807, 2.05) is 6.92 Å². The molecule has 0 aliphatic carbocycles. The molecule has 5 heteroatoms. The van der Waals surface area contributed by atoms with Gasteiger partial charge in [0, 0.05) is 24.9 Å². The van der Waals surface area contributed by atoms with Crippen molar-refractivity contribution < 1.29 is 14.4 Å². The van der Waals surface area contributed by atoms with Crippen LogP contribution in [-0.4, -0.2) is 35.6 Å². The Kier molecular flexibility index (Phi) is 5.77. The van der Waals surface area contributed by atoms with Crippen LogP contribution in [0.4, 0.5) is 0 Å². The second-order valence-corrected chi connectivity index (χ2v) is 3.67. The fourth-order valence-electron chi connectivity index (χ4n) is 1.47. The third-order valence-corrected chi connectivity index (χ3v) is 2.34. The molecule has 1 rings (SSSR count). The third-order valence-electron chi connectivity index (χ3n) is 2.34. The highest BCUT2D eigenvalue weighted by molar-refractivity contribution is 6.00. The Morgan fingerprint density at radius 2 is 2.28 bits per heavy atom. The van der Waals surface area contributed by atoms with Crippen LogP contribution < -0.4 is 0 Å². The molecule has 1 heterocycles. The van der Waals surface area contributed by atoms with Gasteiger partial charge in [0.2, 0.25) is 0 Å². The Morgan fingerprint density at radius 1 is 1.50 bits per heavy atom. The maximum absolute atomic E-state index is 12.0. The van der Waals surface area contributed by atoms with Crippen LogP contribution in [0.5, 0.6) is 0 Å². The second-order valence-electron chi connectivity index (χ2n) is 3.67. The molecule has 0 spiro atoms. The highest BCUT2D eigenvalue weighted by Gasteiger charge is 2.19. The molecular weight excluding hydrogens is 232 g/mol. The highest BCUT2D eigenvalue weighted by atomic mass is 16.7. The van der Waals surface area contributed by atoms with E-state index in [0.717, 1.165) is 11.5 Å². The zero-order valence-electron chi connectivity index (χ0n) is 10.5. The van der Waals surface area contributed by atoms with Crippen molar-refractivity contribution in [1.82, 2.24) is 10.0 Å². The number of rotatable bonds is 6. The molecule has 0 unspecified atom stereocenters. The normalized spacial score (nSPS) is 9.67. The fourth-order valence-corrected chi connectivity index (χ4v) is 1.47. The molecule has 0 saturated carbocycles. The lowest BCUT2D eigenvalue weighted by atomic mass is 10.1. The summed E-state index contributed by atoms with van der Waals surface area (Å²) in [5.74, 6) is 1.22. The highest BCUT2D eigenvalue weighted by Crippen LogP contribution is 2.07. The molecule has 0 bridgehead atoms. The SMILES string of the molecule is CCCN(OC)C(=O)C(=C=O)Cc1ccccn1. The van der Waals surface area contributed by atoms with E-state index in [9.17, 15) is 9.59 Å². The molecule has 0 atom stereocenters. The predicted molar refractivity (Wildman–Crippen MR) is 66.2 cm³/mol. The first-order chi connectivity index (χ1) is 8.72. The van der Waals surface area contributed by atoms with Gasteiger partial charge in [-0.1, -0.05) is 13.0 Å². The van der Waals surface area contributed by atoms with Crippen LogP contribution in [0.25, 0.3) is 0 Å². The maximum atomic E-state index is 12.0. The summed E-state index contributed by atoms with van der Waals surface area (Å²) in [5.41, 5.74) is 0.667. The number of amides is 1. The topological polar surface area (TPSA) is 59.5 Å². The lowest BCUT2D eigenvalue weighted by Gasteiger charge is -2.18. The minimum absolute atomic E-state index is 0.0176. The number of nitrogens with zero attached hydrogens (tertiary/aromatic N) is 2. The third kappa shape index (κ3) is 3.80. The first-order valence-electron chi connectivity index (χ1n) is 5.72. The molecule has 1 aromatic rings. The molecule has 0 N–H and O–H groups in total. The van der Waals surface area contributed by atoms with Gasteiger partial charge in [-0.2, -0.15) is 0 Å². The van der Waals surface area contributed by atoms with Gasteiger partial charge in [0.05, 0.1) is 7.11 Å². The Labute approximate surface area is 106 Å². The molecule has 18 heavy (non-hydrogen) atoms. The van der Waals surface area contributed by atoms with Crippen LogP contribution in [0.2, 0.25) is 0 Å². The molecule has 0 aromatic carbocycles. The summed E-state index contributed by atoms with van der Waals surface area (Å²) in [4.78, 5) is 31.9. The molecular formula is C13H16N2O3. The molecule has 0 radical (unpaired) electrons. The van der Waals surface area contributed by atoms with Crippen molar-refractivity contribution in [2.75, 3.05) is 13.7 Å². The molecule has 96 valence electrons. The van der Waals surface area contributed by atoms with Crippen molar-refractivity contribution in [1.29, 1.82) is 0 Å². The van der Waals surface area contributed by atoms with Crippen LogP contribution in [0, 0.1) is 0 Å². The van der Waals surface area contributed by atoms with E-state index >= 15 is 0 Å². The van der Waals surface area contributed by atoms with Gasteiger partial charge in [0.1, 0.15) is 11.5 Å². The zero-order valence-corrected chi connectivity index (χ0v) is 10.5. The van der Waals surface area contributed by atoms with E-state index in [2.05, 4.69) is 4.98 Å². The molecule has 0 fully saturated rings. The largest absolute Gasteiger partial charge is 0.284 e. The first-order valence-corrected chi connectivity index (χ1v) is 5.72. The van der Waals surface area contributed by atoms with E-state index in [0.29, 0.717) is 12.2 Å². The second kappa shape index (κ2) is 7.37. The number of carbonyl (C=O) groups is 1. The van der Waals surface area contributed by atoms with Crippen molar-refractivity contribution >= 4 is 11.8 Å². The minimum atomic E-state index is -0.458. The number of aromatic nitrogens is 1. The van der Waals surface area contributed by atoms with Crippen molar-refractivity contribution in [3.8, 4) is 0 Å². The predicted octanol–water partition coefficient (Wildman–Crippen LogP) is 1.18. The molecule has 0 aliphatic heterocycles. The molecule has 0 saturated heterocycles. The lowest BCUT2D eigenvalue weighted by Crippen LogP contribution is -2.32. The Hall–Kier alpha value is -1.97. The first kappa shape index (κ1) is 14.1. The van der Waals surface area contributed by atoms with Crippen LogP contribution in [0.1, 0.15) is 19.0 Å². The lowest BCUT2D eigenvalue weighted by molar-refractivity contribution is -0.171. The van der Waals surface area contributed by atoms with Gasteiger partial charge in [-0.25, -0.2) is 9.86 Å². The van der Waals surface area contributed by atoms with Crippen molar-refractivity contribution in [3.05, 3.63) is 35.7 Å². The van der Waals surface area contributed by atoms with Crippen LogP contribution in [0.15, 0.2) is 30.0 Å². The minimum Gasteiger partial charge on any atom is -0.274 e. The van der Waals surface area contributed by atoms with Crippen LogP contribution in [0.3, 0.4) is 0 Å². The van der Waals surface area contributed by atoms with Gasteiger partial charge in [-0.3, -0.25) is 14.6 Å². The summed E-state index contributed by atoms with van der Waals surface area (Å²) in [5, 5.41) is 1.16. The maximum Gasteiger partial charge on any atom is 0.284 e. The van der Waals surface area contributed by atoms with E-state index in [4.69, 9.17) is 4.84 Å². The molecule has 0 aliphatic rings. The number of carbonyl (C=O) groups excluding carboxylic acids is 2. The molecule has 5 nitrogen and oxygen atoms in total. The van der Waals surface area contributed by atoms with E-state index < -0.39 is 5.91 Å². The van der Waals surface area contributed by atoms with Crippen LogP contribution >= 0.6 is 0 Å². The number of pyridine rings is 1. The smallest absolute Gasteiger partial charge is 0.274 e. The summed E-state index contributed by atoms with van der Waals surface area (Å²) in [6, 6.07) is 5.32. The van der Waals surface area contributed by atoms with Gasteiger partial charge in [-0.15, -0.1) is 0 Å². The van der Waals surface area contributed by atoms with Crippen molar-refractivity contribution in [2.24, 2.45) is 0 Å². The van der Waals surface area contributed by atoms with Gasteiger partial charge in [0.15, 0.2) is 0 Å². The van der Waals surface area contributed by atoms with E-state index in [1.54, 1.807) is 30.3 Å². The van der Waals surface area contributed by atoms with Gasteiger partial charge >= 0.3 is 0 Å². The average Bonchev–Trinajstić information content (AvgIpc) is 2.42. The van der Waals surface area contributed by atoms with E-state index in [-0.39, 0.29) is 12.0 Å². The number of hydrogen-bond acceptors (Lipinski definition) is 4. The summed E-state index contributed by atoms with van der Waals surface area (Å²) < 4.78 is 0. The summed E-state index contributed by atoms with van der Waals surface area (Å²) in [7, 11) is 1.40. The fraction of sp³-hybridized carbons (Fsp3) is 0.385.